The van der Waals surface area contributed by atoms with E-state index in [1.54, 1.807) is 26.0 Å². The molecule has 21 heavy (non-hydrogen) atoms. The number of hydrogen-bond acceptors (Lipinski definition) is 3. The number of nitrogens with one attached hydrogen (secondary N) is 1. The predicted octanol–water partition coefficient (Wildman–Crippen LogP) is 2.85. The summed E-state index contributed by atoms with van der Waals surface area (Å²) >= 11 is 11.7. The van der Waals surface area contributed by atoms with Crippen molar-refractivity contribution >= 4 is 35.1 Å². The summed E-state index contributed by atoms with van der Waals surface area (Å²) in [6.07, 6.45) is 0. The van der Waals surface area contributed by atoms with Crippen molar-refractivity contribution in [2.45, 2.75) is 13.8 Å². The number of rotatable bonds is 7. The molecular weight excluding hydrogens is 317 g/mol. The average molecular weight is 334 g/mol. The van der Waals surface area contributed by atoms with Crippen LogP contribution in [0.3, 0.4) is 0 Å². The zero-order valence-corrected chi connectivity index (χ0v) is 13.2. The number of carboxylic acids is 1. The molecule has 0 heterocycles. The maximum atomic E-state index is 11.6. The van der Waals surface area contributed by atoms with Crippen LogP contribution in [-0.2, 0) is 9.59 Å². The van der Waals surface area contributed by atoms with Crippen LogP contribution >= 0.6 is 23.2 Å². The third kappa shape index (κ3) is 5.81. The van der Waals surface area contributed by atoms with Crippen molar-refractivity contribution in [3.8, 4) is 5.75 Å². The number of amides is 1. The minimum absolute atomic E-state index is 0.0591. The van der Waals surface area contributed by atoms with E-state index in [1.165, 1.54) is 6.07 Å². The number of ether oxygens (including phenoxy) is 1. The van der Waals surface area contributed by atoms with Crippen molar-refractivity contribution in [2.24, 2.45) is 11.8 Å². The van der Waals surface area contributed by atoms with Crippen LogP contribution < -0.4 is 10.1 Å². The number of hydrogen-bond donors (Lipinski definition) is 2. The molecule has 0 spiro atoms. The second-order valence-corrected chi connectivity index (χ2v) is 5.70. The summed E-state index contributed by atoms with van der Waals surface area (Å²) in [7, 11) is 0. The van der Waals surface area contributed by atoms with Gasteiger partial charge in [-0.3, -0.25) is 9.59 Å². The van der Waals surface area contributed by atoms with E-state index in [0.717, 1.165) is 0 Å². The Labute approximate surface area is 133 Å². The Morgan fingerprint density at radius 1 is 1.33 bits per heavy atom. The van der Waals surface area contributed by atoms with Gasteiger partial charge in [-0.2, -0.15) is 0 Å². The van der Waals surface area contributed by atoms with Gasteiger partial charge in [-0.15, -0.1) is 0 Å². The highest BCUT2D eigenvalue weighted by molar-refractivity contribution is 6.35. The molecule has 0 fully saturated rings. The molecule has 2 N–H and O–H groups in total. The van der Waals surface area contributed by atoms with Gasteiger partial charge < -0.3 is 15.2 Å². The smallest absolute Gasteiger partial charge is 0.308 e. The zero-order valence-electron chi connectivity index (χ0n) is 11.7. The Balaban J connectivity index is 2.45. The molecule has 116 valence electrons. The lowest BCUT2D eigenvalue weighted by Crippen LogP contribution is -2.37. The molecule has 1 amide bonds. The van der Waals surface area contributed by atoms with E-state index in [0.29, 0.717) is 15.8 Å². The molecule has 0 aliphatic rings. The first-order valence-electron chi connectivity index (χ1n) is 6.38. The van der Waals surface area contributed by atoms with Crippen LogP contribution in [0.1, 0.15) is 13.8 Å². The second-order valence-electron chi connectivity index (χ2n) is 4.86. The van der Waals surface area contributed by atoms with Crippen LogP contribution in [0.25, 0.3) is 0 Å². The molecular formula is C14H17Cl2NO4. The van der Waals surface area contributed by atoms with Gasteiger partial charge in [0, 0.05) is 11.6 Å². The highest BCUT2D eigenvalue weighted by Gasteiger charge is 2.22. The fourth-order valence-electron chi connectivity index (χ4n) is 1.62. The van der Waals surface area contributed by atoms with Crippen LogP contribution in [0, 0.1) is 11.8 Å². The molecule has 0 aromatic heterocycles. The van der Waals surface area contributed by atoms with E-state index in [2.05, 4.69) is 5.32 Å². The number of carbonyl (C=O) groups excluding carboxylic acids is 1. The fourth-order valence-corrected chi connectivity index (χ4v) is 2.08. The van der Waals surface area contributed by atoms with Gasteiger partial charge in [-0.25, -0.2) is 0 Å². The first-order valence-corrected chi connectivity index (χ1v) is 7.14. The van der Waals surface area contributed by atoms with E-state index in [-0.39, 0.29) is 19.1 Å². The van der Waals surface area contributed by atoms with Crippen LogP contribution in [0.2, 0.25) is 10.0 Å². The number of aliphatic carboxylic acids is 1. The lowest BCUT2D eigenvalue weighted by atomic mass is 9.96. The lowest BCUT2D eigenvalue weighted by molar-refractivity contribution is -0.143. The van der Waals surface area contributed by atoms with Crippen molar-refractivity contribution in [2.75, 3.05) is 13.2 Å². The summed E-state index contributed by atoms with van der Waals surface area (Å²) in [5.74, 6) is -1.71. The maximum absolute atomic E-state index is 11.6. The van der Waals surface area contributed by atoms with E-state index in [9.17, 15) is 9.59 Å². The van der Waals surface area contributed by atoms with Gasteiger partial charge in [-0.1, -0.05) is 37.0 Å². The molecule has 0 aliphatic heterocycles. The molecule has 0 saturated carbocycles. The van der Waals surface area contributed by atoms with Crippen molar-refractivity contribution in [3.05, 3.63) is 28.2 Å². The first-order chi connectivity index (χ1) is 9.81. The summed E-state index contributed by atoms with van der Waals surface area (Å²) in [6.45, 7) is 3.39. The van der Waals surface area contributed by atoms with Gasteiger partial charge >= 0.3 is 5.97 Å². The molecule has 1 atom stereocenters. The molecule has 1 aromatic rings. The Kier molecular flexibility index (Phi) is 6.78. The summed E-state index contributed by atoms with van der Waals surface area (Å²) in [5.41, 5.74) is 0. The number of carboxylic acid groups (broad SMARTS) is 1. The quantitative estimate of drug-likeness (QED) is 0.804. The van der Waals surface area contributed by atoms with Gasteiger partial charge in [-0.05, 0) is 24.1 Å². The van der Waals surface area contributed by atoms with Crippen LogP contribution in [-0.4, -0.2) is 30.1 Å². The average Bonchev–Trinajstić information content (AvgIpc) is 2.37. The normalized spacial score (nSPS) is 12.0. The lowest BCUT2D eigenvalue weighted by Gasteiger charge is -2.16. The third-order valence-electron chi connectivity index (χ3n) is 2.89. The van der Waals surface area contributed by atoms with E-state index in [4.69, 9.17) is 33.0 Å². The molecule has 1 aromatic carbocycles. The highest BCUT2D eigenvalue weighted by Crippen LogP contribution is 2.27. The summed E-state index contributed by atoms with van der Waals surface area (Å²) in [6, 6.07) is 4.67. The standard InChI is InChI=1S/C14H17Cl2NO4/c1-8(2)10(14(19)20)6-17-13(18)7-21-12-4-3-9(15)5-11(12)16/h3-5,8,10H,6-7H2,1-2H3,(H,17,18)(H,19,20). The Hall–Kier alpha value is -1.46. The Morgan fingerprint density at radius 3 is 2.52 bits per heavy atom. The van der Waals surface area contributed by atoms with Gasteiger partial charge in [0.15, 0.2) is 6.61 Å². The van der Waals surface area contributed by atoms with Crippen molar-refractivity contribution in [1.29, 1.82) is 0 Å². The molecule has 7 heteroatoms. The molecule has 1 rings (SSSR count). The van der Waals surface area contributed by atoms with E-state index >= 15 is 0 Å². The number of halogens is 2. The van der Waals surface area contributed by atoms with Crippen molar-refractivity contribution in [1.82, 2.24) is 5.32 Å². The molecule has 1 unspecified atom stereocenters. The van der Waals surface area contributed by atoms with Gasteiger partial charge in [0.25, 0.3) is 5.91 Å². The molecule has 0 radical (unpaired) electrons. The minimum atomic E-state index is -0.938. The first kappa shape index (κ1) is 17.6. The zero-order chi connectivity index (χ0) is 16.0. The van der Waals surface area contributed by atoms with Crippen LogP contribution in [0.5, 0.6) is 5.75 Å². The predicted molar refractivity (Wildman–Crippen MR) is 80.9 cm³/mol. The van der Waals surface area contributed by atoms with Gasteiger partial charge in [0.05, 0.1) is 10.9 Å². The number of benzene rings is 1. The van der Waals surface area contributed by atoms with E-state index < -0.39 is 17.8 Å². The SMILES string of the molecule is CC(C)C(CNC(=O)COc1ccc(Cl)cc1Cl)C(=O)O. The minimum Gasteiger partial charge on any atom is -0.482 e. The maximum Gasteiger partial charge on any atom is 0.308 e. The number of carbonyl (C=O) groups is 2. The largest absolute Gasteiger partial charge is 0.482 e. The highest BCUT2D eigenvalue weighted by atomic mass is 35.5. The third-order valence-corrected chi connectivity index (χ3v) is 3.42. The molecule has 0 bridgehead atoms. The Morgan fingerprint density at radius 2 is 2.00 bits per heavy atom. The van der Waals surface area contributed by atoms with Crippen molar-refractivity contribution < 1.29 is 19.4 Å². The summed E-state index contributed by atoms with van der Waals surface area (Å²) in [5, 5.41) is 12.3. The fraction of sp³-hybridized carbons (Fsp3) is 0.429. The van der Waals surface area contributed by atoms with Crippen LogP contribution in [0.15, 0.2) is 18.2 Å². The summed E-state index contributed by atoms with van der Waals surface area (Å²) < 4.78 is 5.26. The Bertz CT molecular complexity index is 520. The van der Waals surface area contributed by atoms with Gasteiger partial charge in [0.2, 0.25) is 0 Å². The van der Waals surface area contributed by atoms with Crippen molar-refractivity contribution in [3.63, 3.8) is 0 Å². The monoisotopic (exact) mass is 333 g/mol. The summed E-state index contributed by atoms with van der Waals surface area (Å²) in [4.78, 5) is 22.6. The second kappa shape index (κ2) is 8.10. The van der Waals surface area contributed by atoms with Crippen LogP contribution in [0.4, 0.5) is 0 Å². The van der Waals surface area contributed by atoms with Gasteiger partial charge in [0.1, 0.15) is 5.75 Å². The van der Waals surface area contributed by atoms with E-state index in [1.807, 2.05) is 0 Å². The molecule has 0 saturated heterocycles. The molecule has 5 nitrogen and oxygen atoms in total. The molecule has 0 aliphatic carbocycles. The topological polar surface area (TPSA) is 75.6 Å².